The van der Waals surface area contributed by atoms with Gasteiger partial charge in [-0.3, -0.25) is 9.59 Å². The fourth-order valence-electron chi connectivity index (χ4n) is 1.90. The maximum absolute atomic E-state index is 12.3. The number of carbonyl (C=O) groups excluding carboxylic acids is 2. The third-order valence-corrected chi connectivity index (χ3v) is 3.01. The third-order valence-electron chi connectivity index (χ3n) is 3.01. The highest BCUT2D eigenvalue weighted by Gasteiger charge is 2.16. The standard InChI is InChI=1S/C15H23N3O2/c1-11-4-3-5-13(10-11)18(9-8-14(17)19)15(20)7-6-12(2)16/h3-5,10,12H,6-9,16H2,1-2H3,(H2,17,19). The molecule has 110 valence electrons. The molecule has 0 aliphatic heterocycles. The second-order valence-corrected chi connectivity index (χ2v) is 5.12. The first-order valence-electron chi connectivity index (χ1n) is 6.81. The Bertz CT molecular complexity index is 472. The van der Waals surface area contributed by atoms with Crippen molar-refractivity contribution >= 4 is 17.5 Å². The van der Waals surface area contributed by atoms with Crippen molar-refractivity contribution in [3.63, 3.8) is 0 Å². The number of anilines is 1. The lowest BCUT2D eigenvalue weighted by Crippen LogP contribution is -2.34. The van der Waals surface area contributed by atoms with Crippen molar-refractivity contribution in [3.8, 4) is 0 Å². The molecule has 0 fully saturated rings. The molecule has 5 heteroatoms. The van der Waals surface area contributed by atoms with E-state index in [4.69, 9.17) is 11.5 Å². The van der Waals surface area contributed by atoms with Gasteiger partial charge in [-0.25, -0.2) is 0 Å². The van der Waals surface area contributed by atoms with Crippen LogP contribution in [0.4, 0.5) is 5.69 Å². The van der Waals surface area contributed by atoms with Gasteiger partial charge in [-0.15, -0.1) is 0 Å². The summed E-state index contributed by atoms with van der Waals surface area (Å²) in [5.41, 5.74) is 12.7. The van der Waals surface area contributed by atoms with E-state index in [0.717, 1.165) is 11.3 Å². The van der Waals surface area contributed by atoms with Crippen molar-refractivity contribution in [2.24, 2.45) is 11.5 Å². The third kappa shape index (κ3) is 5.40. The zero-order valence-electron chi connectivity index (χ0n) is 12.1. The second-order valence-electron chi connectivity index (χ2n) is 5.12. The number of aryl methyl sites for hydroxylation is 1. The molecule has 0 spiro atoms. The number of nitrogens with two attached hydrogens (primary N) is 2. The van der Waals surface area contributed by atoms with Gasteiger partial charge in [0.1, 0.15) is 0 Å². The van der Waals surface area contributed by atoms with Crippen LogP contribution in [0.1, 0.15) is 31.7 Å². The van der Waals surface area contributed by atoms with Crippen LogP contribution in [0.25, 0.3) is 0 Å². The molecule has 5 nitrogen and oxygen atoms in total. The number of carbonyl (C=O) groups is 2. The van der Waals surface area contributed by atoms with Gasteiger partial charge in [-0.2, -0.15) is 0 Å². The lowest BCUT2D eigenvalue weighted by atomic mass is 10.1. The van der Waals surface area contributed by atoms with Gasteiger partial charge in [0.25, 0.3) is 0 Å². The molecule has 1 rings (SSSR count). The minimum atomic E-state index is -0.414. The molecule has 0 heterocycles. The maximum Gasteiger partial charge on any atom is 0.227 e. The molecule has 0 saturated heterocycles. The van der Waals surface area contributed by atoms with Crippen LogP contribution >= 0.6 is 0 Å². The highest BCUT2D eigenvalue weighted by molar-refractivity contribution is 5.94. The van der Waals surface area contributed by atoms with E-state index in [1.165, 1.54) is 0 Å². The van der Waals surface area contributed by atoms with Crippen molar-refractivity contribution < 1.29 is 9.59 Å². The van der Waals surface area contributed by atoms with Crippen LogP contribution in [-0.2, 0) is 9.59 Å². The first-order valence-corrected chi connectivity index (χ1v) is 6.81. The summed E-state index contributed by atoms with van der Waals surface area (Å²) in [4.78, 5) is 24.9. The normalized spacial score (nSPS) is 11.9. The predicted octanol–water partition coefficient (Wildman–Crippen LogP) is 1.33. The largest absolute Gasteiger partial charge is 0.370 e. The van der Waals surface area contributed by atoms with Crippen LogP contribution in [0.3, 0.4) is 0 Å². The fraction of sp³-hybridized carbons (Fsp3) is 0.467. The van der Waals surface area contributed by atoms with Crippen LogP contribution in [0.15, 0.2) is 24.3 Å². The zero-order valence-corrected chi connectivity index (χ0v) is 12.1. The van der Waals surface area contributed by atoms with E-state index < -0.39 is 5.91 Å². The zero-order chi connectivity index (χ0) is 15.1. The molecule has 0 saturated carbocycles. The summed E-state index contributed by atoms with van der Waals surface area (Å²) in [6, 6.07) is 7.61. The Balaban J connectivity index is 2.84. The van der Waals surface area contributed by atoms with E-state index in [0.29, 0.717) is 19.4 Å². The topological polar surface area (TPSA) is 89.4 Å². The molecule has 1 unspecified atom stereocenters. The van der Waals surface area contributed by atoms with Crippen LogP contribution in [0.2, 0.25) is 0 Å². The first-order chi connectivity index (χ1) is 9.40. The molecule has 1 atom stereocenters. The second kappa shape index (κ2) is 7.65. The number of hydrogen-bond donors (Lipinski definition) is 2. The molecule has 0 radical (unpaired) electrons. The van der Waals surface area contributed by atoms with E-state index >= 15 is 0 Å². The van der Waals surface area contributed by atoms with Crippen molar-refractivity contribution in [2.45, 2.75) is 39.2 Å². The molecule has 20 heavy (non-hydrogen) atoms. The Morgan fingerprint density at radius 1 is 1.30 bits per heavy atom. The number of nitrogens with zero attached hydrogens (tertiary/aromatic N) is 1. The first kappa shape index (κ1) is 16.2. The molecule has 2 amide bonds. The van der Waals surface area contributed by atoms with Gasteiger partial charge in [0.05, 0.1) is 0 Å². The molecule has 0 aromatic heterocycles. The summed E-state index contributed by atoms with van der Waals surface area (Å²) in [7, 11) is 0. The summed E-state index contributed by atoms with van der Waals surface area (Å²) in [6.07, 6.45) is 1.14. The van der Waals surface area contributed by atoms with Crippen LogP contribution in [-0.4, -0.2) is 24.4 Å². The van der Waals surface area contributed by atoms with Gasteiger partial charge < -0.3 is 16.4 Å². The smallest absolute Gasteiger partial charge is 0.227 e. The molecule has 1 aromatic carbocycles. The van der Waals surface area contributed by atoms with Gasteiger partial charge in [-0.1, -0.05) is 12.1 Å². The number of rotatable bonds is 7. The Hall–Kier alpha value is -1.88. The fourth-order valence-corrected chi connectivity index (χ4v) is 1.90. The monoisotopic (exact) mass is 277 g/mol. The number of hydrogen-bond acceptors (Lipinski definition) is 3. The highest BCUT2D eigenvalue weighted by Crippen LogP contribution is 2.18. The molecule has 0 bridgehead atoms. The molecular weight excluding hydrogens is 254 g/mol. The SMILES string of the molecule is Cc1cccc(N(CCC(N)=O)C(=O)CCC(C)N)c1. The summed E-state index contributed by atoms with van der Waals surface area (Å²) >= 11 is 0. The predicted molar refractivity (Wildman–Crippen MR) is 80.2 cm³/mol. The minimum Gasteiger partial charge on any atom is -0.370 e. The van der Waals surface area contributed by atoms with Gasteiger partial charge in [0, 0.05) is 31.1 Å². The van der Waals surface area contributed by atoms with Crippen molar-refractivity contribution in [2.75, 3.05) is 11.4 Å². The van der Waals surface area contributed by atoms with Crippen molar-refractivity contribution in [1.82, 2.24) is 0 Å². The van der Waals surface area contributed by atoms with Crippen molar-refractivity contribution in [1.29, 1.82) is 0 Å². The lowest BCUT2D eigenvalue weighted by molar-refractivity contribution is -0.119. The van der Waals surface area contributed by atoms with Gasteiger partial charge in [0.2, 0.25) is 11.8 Å². The van der Waals surface area contributed by atoms with Gasteiger partial charge >= 0.3 is 0 Å². The lowest BCUT2D eigenvalue weighted by Gasteiger charge is -2.23. The van der Waals surface area contributed by atoms with Gasteiger partial charge in [-0.05, 0) is 38.0 Å². The molecule has 0 aliphatic carbocycles. The van der Waals surface area contributed by atoms with Gasteiger partial charge in [0.15, 0.2) is 0 Å². The molecule has 0 aliphatic rings. The average Bonchev–Trinajstić information content (AvgIpc) is 2.36. The maximum atomic E-state index is 12.3. The Labute approximate surface area is 119 Å². The highest BCUT2D eigenvalue weighted by atomic mass is 16.2. The summed E-state index contributed by atoms with van der Waals surface area (Å²) < 4.78 is 0. The van der Waals surface area contributed by atoms with E-state index in [1.807, 2.05) is 38.1 Å². The summed E-state index contributed by atoms with van der Waals surface area (Å²) in [5, 5.41) is 0. The van der Waals surface area contributed by atoms with E-state index in [1.54, 1.807) is 4.90 Å². The Morgan fingerprint density at radius 2 is 2.00 bits per heavy atom. The molecule has 4 N–H and O–H groups in total. The number of primary amides is 1. The van der Waals surface area contributed by atoms with Crippen LogP contribution in [0, 0.1) is 6.92 Å². The molecule has 1 aromatic rings. The van der Waals surface area contributed by atoms with E-state index in [2.05, 4.69) is 0 Å². The number of benzene rings is 1. The average molecular weight is 277 g/mol. The van der Waals surface area contributed by atoms with E-state index in [9.17, 15) is 9.59 Å². The van der Waals surface area contributed by atoms with E-state index in [-0.39, 0.29) is 18.4 Å². The van der Waals surface area contributed by atoms with Crippen LogP contribution < -0.4 is 16.4 Å². The minimum absolute atomic E-state index is 0.0190. The van der Waals surface area contributed by atoms with Crippen molar-refractivity contribution in [3.05, 3.63) is 29.8 Å². The quantitative estimate of drug-likeness (QED) is 0.788. The number of amides is 2. The summed E-state index contributed by atoms with van der Waals surface area (Å²) in [6.45, 7) is 4.13. The summed E-state index contributed by atoms with van der Waals surface area (Å²) in [5.74, 6) is -0.447. The Morgan fingerprint density at radius 3 is 2.55 bits per heavy atom. The Kier molecular flexibility index (Phi) is 6.18. The van der Waals surface area contributed by atoms with Crippen LogP contribution in [0.5, 0.6) is 0 Å². The molecular formula is C15H23N3O2.